The van der Waals surface area contributed by atoms with E-state index in [2.05, 4.69) is 10.1 Å². The molecule has 0 spiro atoms. The minimum absolute atomic E-state index is 0.186. The maximum atomic E-state index is 12.1. The van der Waals surface area contributed by atoms with Gasteiger partial charge >= 0.3 is 0 Å². The number of aryl methyl sites for hydroxylation is 1. The molecule has 0 saturated heterocycles. The molecule has 2 aromatic heterocycles. The van der Waals surface area contributed by atoms with Crippen molar-refractivity contribution >= 4 is 32.9 Å². The van der Waals surface area contributed by atoms with Crippen LogP contribution in [-0.2, 0) is 15.8 Å². The van der Waals surface area contributed by atoms with Crippen molar-refractivity contribution < 1.29 is 17.4 Å². The molecule has 0 amide bonds. The summed E-state index contributed by atoms with van der Waals surface area (Å²) in [6.45, 7) is 1.85. The number of thioether (sulfide) groups is 1. The van der Waals surface area contributed by atoms with E-state index in [1.165, 1.54) is 38.0 Å². The van der Waals surface area contributed by atoms with E-state index in [1.54, 1.807) is 6.07 Å². The third-order valence-corrected chi connectivity index (χ3v) is 5.79. The van der Waals surface area contributed by atoms with E-state index in [1.807, 2.05) is 13.0 Å². The van der Waals surface area contributed by atoms with Gasteiger partial charge in [-0.2, -0.15) is 0 Å². The van der Waals surface area contributed by atoms with Crippen molar-refractivity contribution in [3.63, 3.8) is 0 Å². The summed E-state index contributed by atoms with van der Waals surface area (Å²) in [5.41, 5.74) is 1.86. The molecule has 1 aromatic carbocycles. The zero-order chi connectivity index (χ0) is 16.6. The summed E-state index contributed by atoms with van der Waals surface area (Å²) in [6.07, 6.45) is 0. The number of nitrogens with zero attached hydrogens (tertiary/aromatic N) is 3. The Labute approximate surface area is 137 Å². The van der Waals surface area contributed by atoms with Gasteiger partial charge in [-0.1, -0.05) is 16.9 Å². The van der Waals surface area contributed by atoms with Crippen LogP contribution in [0, 0.1) is 6.92 Å². The van der Waals surface area contributed by atoms with Crippen molar-refractivity contribution in [3.05, 3.63) is 35.7 Å². The number of fused-ring (bicyclic) bond motifs is 1. The van der Waals surface area contributed by atoms with E-state index in [4.69, 9.17) is 8.94 Å². The van der Waals surface area contributed by atoms with E-state index < -0.39 is 10.0 Å². The molecule has 0 aliphatic carbocycles. The van der Waals surface area contributed by atoms with Gasteiger partial charge in [-0.25, -0.2) is 17.7 Å². The van der Waals surface area contributed by atoms with E-state index in [9.17, 15) is 8.42 Å². The molecule has 0 unspecified atom stereocenters. The van der Waals surface area contributed by atoms with Crippen LogP contribution in [0.25, 0.3) is 11.1 Å². The van der Waals surface area contributed by atoms with Crippen molar-refractivity contribution in [2.24, 2.45) is 0 Å². The van der Waals surface area contributed by atoms with Crippen LogP contribution in [0.1, 0.15) is 11.5 Å². The molecule has 0 N–H and O–H groups in total. The Morgan fingerprint density at radius 1 is 1.26 bits per heavy atom. The molecular weight excluding hydrogens is 338 g/mol. The van der Waals surface area contributed by atoms with Crippen LogP contribution < -0.4 is 0 Å². The lowest BCUT2D eigenvalue weighted by atomic mass is 10.3. The molecule has 122 valence electrons. The van der Waals surface area contributed by atoms with Crippen molar-refractivity contribution in [3.8, 4) is 0 Å². The first-order chi connectivity index (χ1) is 10.9. The molecule has 0 aliphatic heterocycles. The number of hydrogen-bond acceptors (Lipinski definition) is 7. The second kappa shape index (κ2) is 5.99. The fourth-order valence-corrected chi connectivity index (χ4v) is 3.57. The van der Waals surface area contributed by atoms with Gasteiger partial charge in [-0.15, -0.1) is 0 Å². The zero-order valence-electron chi connectivity index (χ0n) is 12.8. The summed E-state index contributed by atoms with van der Waals surface area (Å²) in [6, 6.07) is 6.48. The highest BCUT2D eigenvalue weighted by Gasteiger charge is 2.19. The first-order valence-electron chi connectivity index (χ1n) is 6.74. The minimum atomic E-state index is -3.49. The first-order valence-corrected chi connectivity index (χ1v) is 9.17. The van der Waals surface area contributed by atoms with Gasteiger partial charge < -0.3 is 8.94 Å². The van der Waals surface area contributed by atoms with Crippen LogP contribution in [0.2, 0.25) is 0 Å². The molecule has 0 fully saturated rings. The second-order valence-electron chi connectivity index (χ2n) is 5.12. The molecule has 0 saturated carbocycles. The number of benzene rings is 1. The predicted octanol–water partition coefficient (Wildman–Crippen LogP) is 2.67. The summed E-state index contributed by atoms with van der Waals surface area (Å²) in [5.74, 6) is 1.27. The number of oxazole rings is 1. The van der Waals surface area contributed by atoms with Crippen LogP contribution in [0.3, 0.4) is 0 Å². The number of rotatable bonds is 5. The third kappa shape index (κ3) is 3.26. The van der Waals surface area contributed by atoms with Gasteiger partial charge in [0.05, 0.1) is 16.3 Å². The number of sulfonamides is 1. The Morgan fingerprint density at radius 3 is 2.70 bits per heavy atom. The van der Waals surface area contributed by atoms with Crippen LogP contribution in [0.4, 0.5) is 0 Å². The highest BCUT2D eigenvalue weighted by molar-refractivity contribution is 7.98. The lowest BCUT2D eigenvalue weighted by molar-refractivity contribution is 0.390. The third-order valence-electron chi connectivity index (χ3n) is 3.13. The fourth-order valence-electron chi connectivity index (χ4n) is 1.94. The van der Waals surface area contributed by atoms with Gasteiger partial charge in [-0.3, -0.25) is 0 Å². The molecule has 23 heavy (non-hydrogen) atoms. The number of aromatic nitrogens is 2. The van der Waals surface area contributed by atoms with E-state index >= 15 is 0 Å². The molecular formula is C14H15N3O4S2. The molecule has 3 rings (SSSR count). The molecule has 0 radical (unpaired) electrons. The smallest absolute Gasteiger partial charge is 0.257 e. The van der Waals surface area contributed by atoms with Crippen LogP contribution in [0.15, 0.2) is 43.3 Å². The van der Waals surface area contributed by atoms with Gasteiger partial charge in [0, 0.05) is 20.2 Å². The van der Waals surface area contributed by atoms with E-state index in [0.29, 0.717) is 22.1 Å². The fraction of sp³-hybridized carbons (Fsp3) is 0.286. The summed E-state index contributed by atoms with van der Waals surface area (Å²) in [7, 11) is -0.512. The highest BCUT2D eigenvalue weighted by Crippen LogP contribution is 2.28. The lowest BCUT2D eigenvalue weighted by Crippen LogP contribution is -2.22. The molecule has 7 nitrogen and oxygen atoms in total. The normalized spacial score (nSPS) is 12.3. The Hall–Kier alpha value is -1.84. The summed E-state index contributed by atoms with van der Waals surface area (Å²) in [5, 5.41) is 4.27. The highest BCUT2D eigenvalue weighted by atomic mass is 32.2. The maximum absolute atomic E-state index is 12.1. The zero-order valence-corrected chi connectivity index (χ0v) is 14.4. The SMILES string of the molecule is Cc1cc(CSc2nc3cc(S(=O)(=O)N(C)C)ccc3o2)on1. The summed E-state index contributed by atoms with van der Waals surface area (Å²) >= 11 is 1.36. The summed E-state index contributed by atoms with van der Waals surface area (Å²) in [4.78, 5) is 4.51. The molecule has 2 heterocycles. The van der Waals surface area contributed by atoms with Gasteiger partial charge in [0.15, 0.2) is 5.58 Å². The second-order valence-corrected chi connectivity index (χ2v) is 8.20. The summed E-state index contributed by atoms with van der Waals surface area (Å²) < 4.78 is 36.2. The molecule has 3 aromatic rings. The standard InChI is InChI=1S/C14H15N3O4S2/c1-9-6-10(21-16-9)8-22-14-15-12-7-11(4-5-13(12)20-14)23(18,19)17(2)3/h4-7H,8H2,1-3H3. The average Bonchev–Trinajstić information content (AvgIpc) is 3.09. The van der Waals surface area contributed by atoms with Crippen LogP contribution >= 0.6 is 11.8 Å². The Bertz CT molecular complexity index is 944. The van der Waals surface area contributed by atoms with Crippen molar-refractivity contribution in [1.82, 2.24) is 14.4 Å². The quantitative estimate of drug-likeness (QED) is 0.651. The molecule has 0 aliphatic rings. The largest absolute Gasteiger partial charge is 0.431 e. The van der Waals surface area contributed by atoms with Crippen LogP contribution in [0.5, 0.6) is 0 Å². The van der Waals surface area contributed by atoms with E-state index in [-0.39, 0.29) is 4.90 Å². The predicted molar refractivity (Wildman–Crippen MR) is 85.7 cm³/mol. The van der Waals surface area contributed by atoms with Gasteiger partial charge in [0.1, 0.15) is 11.3 Å². The average molecular weight is 353 g/mol. The van der Waals surface area contributed by atoms with Crippen molar-refractivity contribution in [2.45, 2.75) is 22.8 Å². The van der Waals surface area contributed by atoms with Crippen LogP contribution in [-0.4, -0.2) is 37.0 Å². The van der Waals surface area contributed by atoms with Gasteiger partial charge in [-0.05, 0) is 25.1 Å². The Kier molecular flexibility index (Phi) is 4.17. The van der Waals surface area contributed by atoms with Crippen molar-refractivity contribution in [2.75, 3.05) is 14.1 Å². The lowest BCUT2D eigenvalue weighted by Gasteiger charge is -2.10. The van der Waals surface area contributed by atoms with Gasteiger partial charge in [0.25, 0.3) is 5.22 Å². The first kappa shape index (κ1) is 16.0. The Morgan fingerprint density at radius 2 is 2.04 bits per heavy atom. The molecule has 0 bridgehead atoms. The molecule has 9 heteroatoms. The number of hydrogen-bond donors (Lipinski definition) is 0. The Balaban J connectivity index is 1.84. The minimum Gasteiger partial charge on any atom is -0.431 e. The van der Waals surface area contributed by atoms with Gasteiger partial charge in [0.2, 0.25) is 10.0 Å². The molecule has 0 atom stereocenters. The topological polar surface area (TPSA) is 89.4 Å². The van der Waals surface area contributed by atoms with E-state index in [0.717, 1.165) is 15.8 Å². The maximum Gasteiger partial charge on any atom is 0.257 e. The monoisotopic (exact) mass is 353 g/mol. The van der Waals surface area contributed by atoms with Crippen molar-refractivity contribution in [1.29, 1.82) is 0 Å².